The molecule has 1 heteroatoms. The standard InChI is InChI=1S/2C10H15.C2H3.Sm/c2*1-6-7(2)9(4)10(5)8(6)3;1-2;/h2*1-5H3;1H,2H2;/q;;-1;+3. The van der Waals surface area contributed by atoms with E-state index in [1.165, 1.54) is 59.2 Å². The Morgan fingerprint density at radius 2 is 0.391 bits per heavy atom. The van der Waals surface area contributed by atoms with Gasteiger partial charge in [0.25, 0.3) is 0 Å². The molecule has 0 saturated heterocycles. The van der Waals surface area contributed by atoms with Gasteiger partial charge in [-0.3, -0.25) is 6.58 Å². The second-order valence-electron chi connectivity index (χ2n) is 6.25. The van der Waals surface area contributed by atoms with E-state index in [1.54, 1.807) is 0 Å². The summed E-state index contributed by atoms with van der Waals surface area (Å²) in [5, 5.41) is 0. The summed E-state index contributed by atoms with van der Waals surface area (Å²) in [6.45, 7) is 29.0. The van der Waals surface area contributed by atoms with E-state index >= 15 is 0 Å². The van der Waals surface area contributed by atoms with Gasteiger partial charge in [-0.05, 0) is 59.2 Å². The van der Waals surface area contributed by atoms with Crippen LogP contribution in [0.4, 0.5) is 0 Å². The fraction of sp³-hybridized carbons (Fsp3) is 0.455. The van der Waals surface area contributed by atoms with Crippen LogP contribution in [0.25, 0.3) is 0 Å². The van der Waals surface area contributed by atoms with Crippen LogP contribution in [-0.4, -0.2) is 0 Å². The first kappa shape index (κ1) is 26.3. The van der Waals surface area contributed by atoms with E-state index in [-0.39, 0.29) is 40.4 Å². The van der Waals surface area contributed by atoms with Gasteiger partial charge in [-0.25, -0.2) is 0 Å². The Morgan fingerprint density at radius 3 is 0.435 bits per heavy atom. The van der Waals surface area contributed by atoms with Crippen LogP contribution in [0.15, 0.2) is 6.58 Å². The zero-order valence-corrected chi connectivity index (χ0v) is 19.3. The van der Waals surface area contributed by atoms with Crippen LogP contribution >= 0.6 is 0 Å². The van der Waals surface area contributed by atoms with Crippen molar-refractivity contribution in [1.29, 1.82) is 0 Å². The Morgan fingerprint density at radius 1 is 0.348 bits per heavy atom. The van der Waals surface area contributed by atoms with Crippen LogP contribution < -0.4 is 0 Å². The molecular formula is C22H33Sm+2. The van der Waals surface area contributed by atoms with Crippen molar-refractivity contribution in [3.63, 3.8) is 0 Å². The van der Waals surface area contributed by atoms with Crippen molar-refractivity contribution >= 4 is 0 Å². The van der Waals surface area contributed by atoms with Gasteiger partial charge in [0.1, 0.15) is 0 Å². The first-order valence-corrected chi connectivity index (χ1v) is 7.91. The molecule has 0 bridgehead atoms. The summed E-state index contributed by atoms with van der Waals surface area (Å²) < 4.78 is 0. The summed E-state index contributed by atoms with van der Waals surface area (Å²) in [5.41, 5.74) is 0. The monoisotopic (exact) mass is 449 g/mol. The van der Waals surface area contributed by atoms with E-state index in [9.17, 15) is 0 Å². The molecule has 125 valence electrons. The first-order chi connectivity index (χ1) is 10.1. The molecule has 2 rings (SSSR count). The third-order valence-electron chi connectivity index (χ3n) is 5.62. The minimum absolute atomic E-state index is 0. The Balaban J connectivity index is 0. The van der Waals surface area contributed by atoms with Gasteiger partial charge in [-0.15, -0.1) is 0 Å². The topological polar surface area (TPSA) is 0 Å². The molecule has 0 aromatic heterocycles. The molecule has 0 unspecified atom stereocenters. The zero-order chi connectivity index (χ0) is 17.8. The summed E-state index contributed by atoms with van der Waals surface area (Å²) >= 11 is 0. The second-order valence-corrected chi connectivity index (χ2v) is 6.25. The maximum Gasteiger partial charge on any atom is 3.00 e. The molecule has 0 aromatic carbocycles. The first-order valence-electron chi connectivity index (χ1n) is 7.91. The molecule has 0 aliphatic heterocycles. The van der Waals surface area contributed by atoms with Crippen molar-refractivity contribution < 1.29 is 40.4 Å². The summed E-state index contributed by atoms with van der Waals surface area (Å²) in [6, 6.07) is 0. The quantitative estimate of drug-likeness (QED) is 0.369. The van der Waals surface area contributed by atoms with Crippen LogP contribution in [-0.2, 0) is 0 Å². The molecule has 2 aliphatic rings. The van der Waals surface area contributed by atoms with Crippen LogP contribution in [0.2, 0.25) is 0 Å². The normalized spacial score (nSPS) is 25.0. The molecule has 0 N–H and O–H groups in total. The minimum Gasteiger partial charge on any atom is -0.521 e. The molecule has 0 atom stereocenters. The van der Waals surface area contributed by atoms with Crippen LogP contribution in [0.1, 0.15) is 69.2 Å². The Kier molecular flexibility index (Phi) is 13.3. The molecule has 0 spiro atoms. The van der Waals surface area contributed by atoms with E-state index in [4.69, 9.17) is 0 Å². The summed E-state index contributed by atoms with van der Waals surface area (Å²) in [4.78, 5) is 0. The summed E-state index contributed by atoms with van der Waals surface area (Å²) in [7, 11) is 0. The molecule has 0 amide bonds. The largest absolute Gasteiger partial charge is 3.00 e. The average Bonchev–Trinajstić information content (AvgIpc) is 2.81. The van der Waals surface area contributed by atoms with Gasteiger partial charge in [-0.1, -0.05) is 69.2 Å². The van der Waals surface area contributed by atoms with Gasteiger partial charge in [0.05, 0.1) is 0 Å². The van der Waals surface area contributed by atoms with Crippen molar-refractivity contribution in [3.8, 4) is 0 Å². The van der Waals surface area contributed by atoms with Gasteiger partial charge >= 0.3 is 40.4 Å². The third kappa shape index (κ3) is 6.08. The maximum absolute atomic E-state index is 4.25. The number of hydrogen-bond acceptors (Lipinski definition) is 0. The van der Waals surface area contributed by atoms with E-state index in [0.29, 0.717) is 0 Å². The second kappa shape index (κ2) is 11.6. The van der Waals surface area contributed by atoms with E-state index in [0.717, 1.165) is 0 Å². The van der Waals surface area contributed by atoms with Crippen LogP contribution in [0, 0.1) is 106 Å². The molecular weight excluding hydrogens is 415 g/mol. The molecule has 23 heavy (non-hydrogen) atoms. The molecule has 0 heterocycles. The van der Waals surface area contributed by atoms with Crippen molar-refractivity contribution in [2.24, 2.45) is 0 Å². The summed E-state index contributed by atoms with van der Waals surface area (Å²) in [5.74, 6) is 14.7. The number of rotatable bonds is 0. The Bertz CT molecular complexity index is 193. The van der Waals surface area contributed by atoms with E-state index in [2.05, 4.69) is 82.4 Å². The molecule has 0 aromatic rings. The third-order valence-corrected chi connectivity index (χ3v) is 5.62. The Labute approximate surface area is 180 Å². The molecule has 11 radical (unpaired) electrons. The minimum atomic E-state index is 0. The zero-order valence-electron chi connectivity index (χ0n) is 16.7. The fourth-order valence-corrected chi connectivity index (χ4v) is 2.81. The van der Waals surface area contributed by atoms with Gasteiger partial charge in [-0.2, -0.15) is 0 Å². The fourth-order valence-electron chi connectivity index (χ4n) is 2.81. The number of hydrogen-bond donors (Lipinski definition) is 0. The molecule has 2 fully saturated rings. The maximum atomic E-state index is 4.25. The van der Waals surface area contributed by atoms with E-state index in [1.807, 2.05) is 0 Å². The SMILES string of the molecule is C[C]1[C](C)[C](C)[C](C)[C]1C.C[C]1[C](C)[C](C)[C](C)[C]1C.[CH-]=C.[Sm+3]. The van der Waals surface area contributed by atoms with Crippen LogP contribution in [0.3, 0.4) is 0 Å². The van der Waals surface area contributed by atoms with Crippen molar-refractivity contribution in [2.45, 2.75) is 69.2 Å². The van der Waals surface area contributed by atoms with Crippen LogP contribution in [0.5, 0.6) is 0 Å². The van der Waals surface area contributed by atoms with E-state index < -0.39 is 0 Å². The van der Waals surface area contributed by atoms with Crippen molar-refractivity contribution in [1.82, 2.24) is 0 Å². The molecule has 0 nitrogen and oxygen atoms in total. The van der Waals surface area contributed by atoms with Crippen molar-refractivity contribution in [2.75, 3.05) is 0 Å². The smallest absolute Gasteiger partial charge is 0.521 e. The van der Waals surface area contributed by atoms with Gasteiger partial charge in [0, 0.05) is 0 Å². The van der Waals surface area contributed by atoms with Gasteiger partial charge < -0.3 is 6.58 Å². The van der Waals surface area contributed by atoms with Gasteiger partial charge in [0.2, 0.25) is 0 Å². The average molecular weight is 448 g/mol. The van der Waals surface area contributed by atoms with Gasteiger partial charge in [0.15, 0.2) is 0 Å². The Hall–Kier alpha value is 1.08. The molecule has 2 saturated carbocycles. The van der Waals surface area contributed by atoms with Crippen molar-refractivity contribution in [3.05, 3.63) is 72.3 Å². The predicted molar refractivity (Wildman–Crippen MR) is 99.1 cm³/mol. The predicted octanol–water partition coefficient (Wildman–Crippen LogP) is 6.55. The molecule has 2 aliphatic carbocycles. The summed E-state index contributed by atoms with van der Waals surface area (Å²) in [6.07, 6.45) is 0.